The fourth-order valence-corrected chi connectivity index (χ4v) is 4.03. The zero-order valence-electron chi connectivity index (χ0n) is 17.3. The summed E-state index contributed by atoms with van der Waals surface area (Å²) in [6.45, 7) is 1.87. The van der Waals surface area contributed by atoms with E-state index in [4.69, 9.17) is 11.6 Å². The van der Waals surface area contributed by atoms with E-state index in [1.165, 1.54) is 16.7 Å². The van der Waals surface area contributed by atoms with Gasteiger partial charge >= 0.3 is 0 Å². The highest BCUT2D eigenvalue weighted by molar-refractivity contribution is 6.31. The van der Waals surface area contributed by atoms with Gasteiger partial charge in [-0.1, -0.05) is 73.1 Å². The van der Waals surface area contributed by atoms with Crippen LogP contribution in [0.15, 0.2) is 77.6 Å². The molecule has 32 heavy (non-hydrogen) atoms. The van der Waals surface area contributed by atoms with Crippen LogP contribution in [0.5, 0.6) is 0 Å². The Bertz CT molecular complexity index is 1390. The van der Waals surface area contributed by atoms with E-state index in [1.807, 2.05) is 30.3 Å². The smallest absolute Gasteiger partial charge is 0.259 e. The molecule has 0 fully saturated rings. The molecule has 0 aliphatic rings. The second kappa shape index (κ2) is 8.81. The second-order valence-electron chi connectivity index (χ2n) is 7.43. The maximum atomic E-state index is 13.5. The zero-order valence-corrected chi connectivity index (χ0v) is 18.1. The number of aromatic nitrogens is 1. The van der Waals surface area contributed by atoms with Gasteiger partial charge in [0.05, 0.1) is 18.2 Å². The third kappa shape index (κ3) is 3.95. The first kappa shape index (κ1) is 21.5. The number of halogens is 1. The minimum Gasteiger partial charge on any atom is -0.545 e. The van der Waals surface area contributed by atoms with E-state index in [9.17, 15) is 19.5 Å². The van der Waals surface area contributed by atoms with Crippen LogP contribution in [-0.2, 0) is 6.54 Å². The van der Waals surface area contributed by atoms with E-state index >= 15 is 0 Å². The summed E-state index contributed by atoms with van der Waals surface area (Å²) in [5.74, 6) is -1.45. The van der Waals surface area contributed by atoms with Gasteiger partial charge < -0.3 is 9.90 Å². The fraction of sp³-hybridized carbons (Fsp3) is 0.115. The third-order valence-corrected chi connectivity index (χ3v) is 5.65. The predicted octanol–water partition coefficient (Wildman–Crippen LogP) is 4.33. The Kier molecular flexibility index (Phi) is 5.93. The van der Waals surface area contributed by atoms with Crippen molar-refractivity contribution in [2.75, 3.05) is 0 Å². The third-order valence-electron chi connectivity index (χ3n) is 5.41. The first-order valence-corrected chi connectivity index (χ1v) is 10.5. The number of hydrogen-bond donors (Lipinski definition) is 0. The van der Waals surface area contributed by atoms with Gasteiger partial charge in [0.1, 0.15) is 0 Å². The summed E-state index contributed by atoms with van der Waals surface area (Å²) in [5, 5.41) is 12.6. The summed E-state index contributed by atoms with van der Waals surface area (Å²) in [6, 6.07) is 20.5. The minimum absolute atomic E-state index is 0.0454. The molecule has 6 heteroatoms. The Balaban J connectivity index is 2.05. The van der Waals surface area contributed by atoms with E-state index in [2.05, 4.69) is 0 Å². The molecule has 4 rings (SSSR count). The molecule has 4 aromatic rings. The molecule has 0 radical (unpaired) electrons. The van der Waals surface area contributed by atoms with Gasteiger partial charge in [-0.2, -0.15) is 0 Å². The van der Waals surface area contributed by atoms with E-state index in [0.29, 0.717) is 32.6 Å². The van der Waals surface area contributed by atoms with Crippen molar-refractivity contribution >= 4 is 34.1 Å². The Hall–Kier alpha value is -3.70. The van der Waals surface area contributed by atoms with Crippen molar-refractivity contribution in [1.29, 1.82) is 0 Å². The lowest BCUT2D eigenvalue weighted by molar-refractivity contribution is -0.255. The highest BCUT2D eigenvalue weighted by Crippen LogP contribution is 2.33. The monoisotopic (exact) mass is 444 g/mol. The number of ketones is 1. The number of Topliss-reactive ketones (excluding diaryl/α,β-unsaturated/α-hetero) is 1. The van der Waals surface area contributed by atoms with E-state index < -0.39 is 5.97 Å². The molecule has 0 saturated carbocycles. The molecular formula is C26H19ClNO4-. The van der Waals surface area contributed by atoms with Crippen molar-refractivity contribution in [3.63, 3.8) is 0 Å². The van der Waals surface area contributed by atoms with Crippen LogP contribution < -0.4 is 10.7 Å². The molecule has 0 aliphatic carbocycles. The van der Waals surface area contributed by atoms with Crippen molar-refractivity contribution in [2.24, 2.45) is 0 Å². The Labute approximate surface area is 189 Å². The normalized spacial score (nSPS) is 10.9. The van der Waals surface area contributed by atoms with Crippen LogP contribution in [0.1, 0.15) is 39.8 Å². The summed E-state index contributed by atoms with van der Waals surface area (Å²) in [4.78, 5) is 37.7. The number of carboxylic acids is 1. The number of fused-ring (bicyclic) bond motifs is 1. The predicted molar refractivity (Wildman–Crippen MR) is 123 cm³/mol. The van der Waals surface area contributed by atoms with Crippen LogP contribution in [0.4, 0.5) is 0 Å². The lowest BCUT2D eigenvalue weighted by Gasteiger charge is -2.19. The van der Waals surface area contributed by atoms with Crippen LogP contribution in [-0.4, -0.2) is 16.3 Å². The van der Waals surface area contributed by atoms with Crippen LogP contribution in [0.3, 0.4) is 0 Å². The van der Waals surface area contributed by atoms with E-state index in [-0.39, 0.29) is 29.9 Å². The van der Waals surface area contributed by atoms with Crippen molar-refractivity contribution < 1.29 is 14.7 Å². The van der Waals surface area contributed by atoms with Gasteiger partial charge in [-0.25, -0.2) is 0 Å². The van der Waals surface area contributed by atoms with E-state index in [0.717, 1.165) is 5.56 Å². The maximum absolute atomic E-state index is 13.5. The second-order valence-corrected chi connectivity index (χ2v) is 7.87. The lowest BCUT2D eigenvalue weighted by atomic mass is 9.94. The van der Waals surface area contributed by atoms with Gasteiger partial charge in [-0.05, 0) is 40.3 Å². The summed E-state index contributed by atoms with van der Waals surface area (Å²) in [7, 11) is 0. The van der Waals surface area contributed by atoms with Gasteiger partial charge in [-0.15, -0.1) is 0 Å². The number of benzene rings is 3. The van der Waals surface area contributed by atoms with Gasteiger partial charge in [0.15, 0.2) is 5.78 Å². The van der Waals surface area contributed by atoms with Crippen molar-refractivity contribution in [2.45, 2.75) is 19.9 Å². The quantitative estimate of drug-likeness (QED) is 0.415. The molecule has 3 aromatic carbocycles. The summed E-state index contributed by atoms with van der Waals surface area (Å²) >= 11 is 6.26. The highest BCUT2D eigenvalue weighted by atomic mass is 35.5. The Morgan fingerprint density at radius 2 is 1.62 bits per heavy atom. The van der Waals surface area contributed by atoms with Crippen LogP contribution >= 0.6 is 11.6 Å². The fourth-order valence-electron chi connectivity index (χ4n) is 3.85. The number of carbonyl (C=O) groups excluding carboxylic acids is 2. The number of carbonyl (C=O) groups is 2. The van der Waals surface area contributed by atoms with Gasteiger partial charge in [0.25, 0.3) is 5.56 Å². The number of nitrogens with zero attached hydrogens (tertiary/aromatic N) is 1. The largest absolute Gasteiger partial charge is 0.545 e. The Morgan fingerprint density at radius 1 is 0.938 bits per heavy atom. The summed E-state index contributed by atoms with van der Waals surface area (Å²) in [6.07, 6.45) is 0.217. The van der Waals surface area contributed by atoms with Crippen LogP contribution in [0.2, 0.25) is 5.02 Å². The SMILES string of the molecule is CCC(=O)c1c(-c2ccccc2)c2cc(Cl)ccc2c(=O)n1Cc1ccc(C(=O)[O-])cc1. The van der Waals surface area contributed by atoms with Crippen molar-refractivity contribution in [3.8, 4) is 11.1 Å². The molecule has 0 unspecified atom stereocenters. The minimum atomic E-state index is -1.27. The van der Waals surface area contributed by atoms with Gasteiger partial charge in [-0.3, -0.25) is 14.2 Å². The maximum Gasteiger partial charge on any atom is 0.259 e. The summed E-state index contributed by atoms with van der Waals surface area (Å²) < 4.78 is 1.47. The average Bonchev–Trinajstić information content (AvgIpc) is 2.80. The highest BCUT2D eigenvalue weighted by Gasteiger charge is 2.22. The molecule has 0 amide bonds. The number of aromatic carboxylic acids is 1. The number of pyridine rings is 1. The molecule has 1 aromatic heterocycles. The van der Waals surface area contributed by atoms with Crippen molar-refractivity contribution in [1.82, 2.24) is 4.57 Å². The molecule has 0 aliphatic heterocycles. The molecule has 0 N–H and O–H groups in total. The first-order valence-electron chi connectivity index (χ1n) is 10.2. The molecule has 0 saturated heterocycles. The number of carboxylic acid groups (broad SMARTS) is 1. The molecular weight excluding hydrogens is 426 g/mol. The zero-order chi connectivity index (χ0) is 22.8. The van der Waals surface area contributed by atoms with Crippen molar-refractivity contribution in [3.05, 3.63) is 105 Å². The van der Waals surface area contributed by atoms with E-state index in [1.54, 1.807) is 37.3 Å². The number of hydrogen-bond acceptors (Lipinski definition) is 4. The molecule has 5 nitrogen and oxygen atoms in total. The average molecular weight is 445 g/mol. The van der Waals surface area contributed by atoms with Crippen LogP contribution in [0, 0.1) is 0 Å². The Morgan fingerprint density at radius 3 is 2.25 bits per heavy atom. The molecule has 0 bridgehead atoms. The lowest BCUT2D eigenvalue weighted by Crippen LogP contribution is -2.28. The molecule has 0 atom stereocenters. The molecule has 0 spiro atoms. The van der Waals surface area contributed by atoms with Crippen LogP contribution in [0.25, 0.3) is 21.9 Å². The summed E-state index contributed by atoms with van der Waals surface area (Å²) in [5.41, 5.74) is 2.19. The van der Waals surface area contributed by atoms with Gasteiger partial charge in [0.2, 0.25) is 0 Å². The topological polar surface area (TPSA) is 79.2 Å². The first-order chi connectivity index (χ1) is 15.4. The number of rotatable bonds is 6. The molecule has 1 heterocycles. The van der Waals surface area contributed by atoms with Gasteiger partial charge in [0, 0.05) is 22.4 Å². The molecule has 160 valence electrons. The standard InChI is InChI=1S/C26H20ClNO4/c1-2-22(29)24-23(17-6-4-3-5-7-17)21-14-19(27)12-13-20(21)25(30)28(24)15-16-8-10-18(11-9-16)26(31)32/h3-14H,2,15H2,1H3,(H,31,32)/p-1.